The first kappa shape index (κ1) is 25.8. The van der Waals surface area contributed by atoms with Gasteiger partial charge >= 0.3 is 6.03 Å². The van der Waals surface area contributed by atoms with Crippen LogP contribution in [0.1, 0.15) is 18.9 Å². The van der Waals surface area contributed by atoms with E-state index in [1.807, 2.05) is 37.3 Å². The second kappa shape index (κ2) is 12.0. The van der Waals surface area contributed by atoms with Crippen molar-refractivity contribution in [2.45, 2.75) is 57.2 Å². The average Bonchev–Trinajstić information content (AvgIpc) is 2.78. The lowest BCUT2D eigenvalue weighted by Crippen LogP contribution is -2.59. The van der Waals surface area contributed by atoms with Crippen LogP contribution in [0.2, 0.25) is 25.7 Å². The van der Waals surface area contributed by atoms with E-state index >= 15 is 0 Å². The summed E-state index contributed by atoms with van der Waals surface area (Å²) in [4.78, 5) is 27.7. The Balaban J connectivity index is 2.05. The number of nitrogens with zero attached hydrogens (tertiary/aromatic N) is 2. The Labute approximate surface area is 192 Å². The Morgan fingerprint density at radius 2 is 1.91 bits per heavy atom. The van der Waals surface area contributed by atoms with Crippen LogP contribution >= 0.6 is 0 Å². The zero-order valence-electron chi connectivity index (χ0n) is 19.6. The molecule has 2 unspecified atom stereocenters. The summed E-state index contributed by atoms with van der Waals surface area (Å²) in [6, 6.07) is 11.5. The van der Waals surface area contributed by atoms with Gasteiger partial charge in [0.25, 0.3) is 0 Å². The number of benzene rings is 1. The van der Waals surface area contributed by atoms with Crippen molar-refractivity contribution in [3.05, 3.63) is 35.9 Å². The van der Waals surface area contributed by atoms with Crippen molar-refractivity contribution in [2.75, 3.05) is 32.9 Å². The van der Waals surface area contributed by atoms with Crippen molar-refractivity contribution in [1.82, 2.24) is 15.5 Å². The molecule has 176 valence electrons. The maximum atomic E-state index is 13.3. The Hall–Kier alpha value is -2.41. The van der Waals surface area contributed by atoms with Gasteiger partial charge in [0.15, 0.2) is 5.54 Å². The van der Waals surface area contributed by atoms with Crippen LogP contribution < -0.4 is 10.6 Å². The van der Waals surface area contributed by atoms with Crippen molar-refractivity contribution < 1.29 is 19.1 Å². The van der Waals surface area contributed by atoms with Crippen LogP contribution in [0.5, 0.6) is 0 Å². The van der Waals surface area contributed by atoms with E-state index in [0.717, 1.165) is 5.56 Å². The molecule has 3 amide bonds. The number of hydrogen-bond acceptors (Lipinski definition) is 5. The van der Waals surface area contributed by atoms with Gasteiger partial charge in [0.2, 0.25) is 5.91 Å². The Morgan fingerprint density at radius 1 is 1.25 bits per heavy atom. The number of nitriles is 1. The van der Waals surface area contributed by atoms with Gasteiger partial charge in [-0.2, -0.15) is 5.26 Å². The minimum atomic E-state index is -1.70. The molecule has 0 radical (unpaired) electrons. The number of amides is 3. The summed E-state index contributed by atoms with van der Waals surface area (Å²) in [7, 11) is -1.70. The number of morpholine rings is 1. The van der Waals surface area contributed by atoms with Gasteiger partial charge in [-0.25, -0.2) is 4.79 Å². The van der Waals surface area contributed by atoms with Crippen LogP contribution in [0, 0.1) is 11.3 Å². The Bertz CT molecular complexity index is 787. The lowest BCUT2D eigenvalue weighted by Gasteiger charge is -2.33. The zero-order valence-corrected chi connectivity index (χ0v) is 20.6. The van der Waals surface area contributed by atoms with Gasteiger partial charge < -0.3 is 25.0 Å². The second-order valence-electron chi connectivity index (χ2n) is 9.38. The van der Waals surface area contributed by atoms with Crippen LogP contribution in [0.3, 0.4) is 0 Å². The number of carbonyl (C=O) groups excluding carboxylic acids is 2. The van der Waals surface area contributed by atoms with Crippen molar-refractivity contribution >= 4 is 20.0 Å². The Kier molecular flexibility index (Phi) is 9.69. The second-order valence-corrected chi connectivity index (χ2v) is 14.9. The van der Waals surface area contributed by atoms with Gasteiger partial charge in [-0.15, -0.1) is 0 Å². The van der Waals surface area contributed by atoms with Crippen LogP contribution in [-0.2, 0) is 20.9 Å². The molecule has 2 N–H and O–H groups in total. The Morgan fingerprint density at radius 3 is 2.47 bits per heavy atom. The molecule has 1 heterocycles. The highest BCUT2D eigenvalue weighted by atomic mass is 28.3. The fourth-order valence-electron chi connectivity index (χ4n) is 3.43. The molecule has 0 aliphatic carbocycles. The molecule has 0 saturated carbocycles. The number of urea groups is 1. The minimum absolute atomic E-state index is 0.0672. The third-order valence-electron chi connectivity index (χ3n) is 5.37. The van der Waals surface area contributed by atoms with Gasteiger partial charge in [0, 0.05) is 21.2 Å². The van der Waals surface area contributed by atoms with E-state index in [4.69, 9.17) is 9.47 Å². The van der Waals surface area contributed by atoms with E-state index in [0.29, 0.717) is 45.4 Å². The molecule has 1 saturated heterocycles. The molecule has 0 spiro atoms. The predicted octanol–water partition coefficient (Wildman–Crippen LogP) is 2.74. The maximum Gasteiger partial charge on any atom is 0.318 e. The van der Waals surface area contributed by atoms with Crippen LogP contribution in [0.15, 0.2) is 30.3 Å². The molecular formula is C23H36N4O4Si. The first-order valence-corrected chi connectivity index (χ1v) is 14.9. The summed E-state index contributed by atoms with van der Waals surface area (Å²) in [5, 5.41) is 15.7. The summed E-state index contributed by atoms with van der Waals surface area (Å²) in [6.07, 6.45) is 0.390. The predicted molar refractivity (Wildman–Crippen MR) is 126 cm³/mol. The molecule has 1 aliphatic heterocycles. The van der Waals surface area contributed by atoms with Gasteiger partial charge in [-0.1, -0.05) is 56.9 Å². The van der Waals surface area contributed by atoms with E-state index in [9.17, 15) is 14.9 Å². The number of ether oxygens (including phenoxy) is 2. The average molecular weight is 461 g/mol. The molecule has 1 aromatic rings. The first-order chi connectivity index (χ1) is 15.2. The van der Waals surface area contributed by atoms with Crippen LogP contribution in [-0.4, -0.2) is 69.4 Å². The normalized spacial score (nSPS) is 17.0. The highest BCUT2D eigenvalue weighted by Crippen LogP contribution is 2.16. The molecule has 1 fully saturated rings. The van der Waals surface area contributed by atoms with E-state index in [1.54, 1.807) is 4.90 Å². The van der Waals surface area contributed by atoms with E-state index in [1.165, 1.54) is 0 Å². The molecule has 9 heteroatoms. The van der Waals surface area contributed by atoms with Gasteiger partial charge in [0.05, 0.1) is 32.5 Å². The summed E-state index contributed by atoms with van der Waals surface area (Å²) in [6.45, 7) is 10.7. The largest absolute Gasteiger partial charge is 0.378 e. The van der Waals surface area contributed by atoms with Crippen LogP contribution in [0.4, 0.5) is 4.79 Å². The number of nitrogens with one attached hydrogen (secondary N) is 2. The van der Waals surface area contributed by atoms with E-state index in [2.05, 4.69) is 36.3 Å². The summed E-state index contributed by atoms with van der Waals surface area (Å²) in [5.74, 6) is -0.347. The van der Waals surface area contributed by atoms with E-state index in [-0.39, 0.29) is 18.5 Å². The lowest BCUT2D eigenvalue weighted by molar-refractivity contribution is -0.124. The fraction of sp³-hybridized carbons (Fsp3) is 0.609. The quantitative estimate of drug-likeness (QED) is 0.523. The van der Waals surface area contributed by atoms with Crippen LogP contribution in [0.25, 0.3) is 0 Å². The smallest absolute Gasteiger partial charge is 0.318 e. The fourth-order valence-corrected chi connectivity index (χ4v) is 4.95. The number of carbonyl (C=O) groups is 2. The van der Waals surface area contributed by atoms with Crippen molar-refractivity contribution in [2.24, 2.45) is 0 Å². The molecule has 0 bridgehead atoms. The highest BCUT2D eigenvalue weighted by molar-refractivity contribution is 6.76. The summed E-state index contributed by atoms with van der Waals surface area (Å²) < 4.78 is 11.1. The lowest BCUT2D eigenvalue weighted by atomic mass is 9.98. The summed E-state index contributed by atoms with van der Waals surface area (Å²) in [5.41, 5.74) is -0.163. The molecule has 2 rings (SSSR count). The SMILES string of the molecule is CCC(C#N)(COCc1ccccc1)NC(=O)C(C[Si](C)(C)C)NC(=O)N1CCOCC1. The number of rotatable bonds is 10. The van der Waals surface area contributed by atoms with Gasteiger partial charge in [0.1, 0.15) is 6.04 Å². The molecule has 2 atom stereocenters. The standard InChI is InChI=1S/C23H36N4O4Si/c1-5-23(17-24,18-31-15-19-9-7-6-8-10-19)26-21(28)20(16-32(2,3)4)25-22(29)27-11-13-30-14-12-27/h6-10,20H,5,11-16,18H2,1-4H3,(H,25,29)(H,26,28). The highest BCUT2D eigenvalue weighted by Gasteiger charge is 2.36. The maximum absolute atomic E-state index is 13.3. The first-order valence-electron chi connectivity index (χ1n) is 11.2. The zero-order chi connectivity index (χ0) is 23.6. The third kappa shape index (κ3) is 8.26. The topological polar surface area (TPSA) is 104 Å². The minimum Gasteiger partial charge on any atom is -0.378 e. The molecule has 1 aromatic carbocycles. The summed E-state index contributed by atoms with van der Waals surface area (Å²) >= 11 is 0. The van der Waals surface area contributed by atoms with Gasteiger partial charge in [-0.3, -0.25) is 4.79 Å². The third-order valence-corrected chi connectivity index (χ3v) is 7.00. The van der Waals surface area contributed by atoms with Gasteiger partial charge in [-0.05, 0) is 18.0 Å². The molecule has 32 heavy (non-hydrogen) atoms. The van der Waals surface area contributed by atoms with E-state index < -0.39 is 19.7 Å². The van der Waals surface area contributed by atoms with Crippen molar-refractivity contribution in [3.63, 3.8) is 0 Å². The molecule has 0 aromatic heterocycles. The molecular weight excluding hydrogens is 424 g/mol. The monoisotopic (exact) mass is 460 g/mol. The number of hydrogen-bond donors (Lipinski definition) is 2. The van der Waals surface area contributed by atoms with Crippen molar-refractivity contribution in [1.29, 1.82) is 5.26 Å². The molecule has 8 nitrogen and oxygen atoms in total. The molecule has 1 aliphatic rings. The van der Waals surface area contributed by atoms with Crippen molar-refractivity contribution in [3.8, 4) is 6.07 Å².